The zero-order valence-corrected chi connectivity index (χ0v) is 18.9. The van der Waals surface area contributed by atoms with Crippen molar-refractivity contribution in [2.45, 2.75) is 79.1 Å². The largest absolute Gasteiger partial charge is 0.872 e. The van der Waals surface area contributed by atoms with Crippen molar-refractivity contribution in [2.24, 2.45) is 0 Å². The fourth-order valence-corrected chi connectivity index (χ4v) is 8.58. The summed E-state index contributed by atoms with van der Waals surface area (Å²) in [4.78, 5) is 10.2. The summed E-state index contributed by atoms with van der Waals surface area (Å²) in [7, 11) is -0.562. The van der Waals surface area contributed by atoms with Crippen LogP contribution in [0.2, 0.25) is 0 Å². The zero-order valence-electron chi connectivity index (χ0n) is 18.0. The minimum Gasteiger partial charge on any atom is -0.872 e. The number of carbonyl (C=O) groups is 1. The number of unbranched alkanes of at least 4 members (excludes halogenated alkanes) is 4. The Morgan fingerprint density at radius 1 is 0.815 bits per heavy atom. The lowest BCUT2D eigenvalue weighted by Crippen LogP contribution is -2.12. The number of carboxylic acid groups (broad SMARTS) is 1. The van der Waals surface area contributed by atoms with Gasteiger partial charge in [0.05, 0.1) is 30.2 Å². The first kappa shape index (κ1) is 25.9. The molecule has 0 fully saturated rings. The van der Waals surface area contributed by atoms with Gasteiger partial charge in [-0.15, -0.1) is 0 Å². The summed E-state index contributed by atoms with van der Waals surface area (Å²) in [6.07, 6.45) is 17.9. The molecule has 0 bridgehead atoms. The van der Waals surface area contributed by atoms with Crippen molar-refractivity contribution in [3.05, 3.63) is 29.8 Å². The predicted octanol–water partition coefficient (Wildman–Crippen LogP) is 6.66. The van der Waals surface area contributed by atoms with Crippen molar-refractivity contribution in [1.82, 2.24) is 0 Å². The van der Waals surface area contributed by atoms with Gasteiger partial charge in [-0.1, -0.05) is 77.3 Å². The summed E-state index contributed by atoms with van der Waals surface area (Å²) in [6.45, 7) is 9.42. The smallest absolute Gasteiger partial charge is 0.335 e. The molecule has 27 heavy (non-hydrogen) atoms. The SMILES string of the molecule is CCCC[P+](CCCC)(CCCC)CCCC.O=C(O)c1ccccc1[O-]. The van der Waals surface area contributed by atoms with E-state index in [9.17, 15) is 9.90 Å². The molecule has 0 aliphatic heterocycles. The van der Waals surface area contributed by atoms with Gasteiger partial charge < -0.3 is 10.2 Å². The molecule has 0 saturated carbocycles. The van der Waals surface area contributed by atoms with Gasteiger partial charge in [0, 0.05) is 7.26 Å². The average Bonchev–Trinajstić information content (AvgIpc) is 2.67. The van der Waals surface area contributed by atoms with Gasteiger partial charge in [-0.2, -0.15) is 0 Å². The Bertz CT molecular complexity index is 465. The van der Waals surface area contributed by atoms with E-state index in [0.29, 0.717) is 0 Å². The van der Waals surface area contributed by atoms with E-state index in [-0.39, 0.29) is 5.56 Å². The summed E-state index contributed by atoms with van der Waals surface area (Å²) in [5, 5.41) is 19.0. The van der Waals surface area contributed by atoms with E-state index in [1.165, 1.54) is 75.6 Å². The third-order valence-electron chi connectivity index (χ3n) is 5.06. The topological polar surface area (TPSA) is 60.4 Å². The average molecular weight is 397 g/mol. The second-order valence-corrected chi connectivity index (χ2v) is 11.9. The lowest BCUT2D eigenvalue weighted by Gasteiger charge is -2.28. The molecule has 0 aliphatic carbocycles. The summed E-state index contributed by atoms with van der Waals surface area (Å²) in [6, 6.07) is 5.54. The molecule has 0 saturated heterocycles. The third-order valence-corrected chi connectivity index (χ3v) is 10.1. The van der Waals surface area contributed by atoms with Gasteiger partial charge in [-0.05, 0) is 31.7 Å². The lowest BCUT2D eigenvalue weighted by atomic mass is 10.2. The number of rotatable bonds is 13. The van der Waals surface area contributed by atoms with Gasteiger partial charge in [0.2, 0.25) is 0 Å². The highest BCUT2D eigenvalue weighted by molar-refractivity contribution is 7.75. The third kappa shape index (κ3) is 11.4. The molecule has 4 heteroatoms. The maximum Gasteiger partial charge on any atom is 0.335 e. The van der Waals surface area contributed by atoms with Crippen molar-refractivity contribution in [3.8, 4) is 5.75 Å². The fraction of sp³-hybridized carbons (Fsp3) is 0.696. The van der Waals surface area contributed by atoms with Crippen LogP contribution in [0.25, 0.3) is 0 Å². The van der Waals surface area contributed by atoms with Crippen LogP contribution in [0.1, 0.15) is 89.4 Å². The van der Waals surface area contributed by atoms with E-state index in [1.54, 1.807) is 24.6 Å². The Morgan fingerprint density at radius 2 is 1.19 bits per heavy atom. The van der Waals surface area contributed by atoms with E-state index >= 15 is 0 Å². The molecule has 0 unspecified atom stereocenters. The number of hydrogen-bond donors (Lipinski definition) is 1. The number of para-hydroxylation sites is 1. The van der Waals surface area contributed by atoms with Crippen LogP contribution in [0.3, 0.4) is 0 Å². The zero-order chi connectivity index (χ0) is 20.5. The van der Waals surface area contributed by atoms with Crippen LogP contribution < -0.4 is 5.11 Å². The molecular weight excluding hydrogens is 355 g/mol. The Balaban J connectivity index is 0.000000569. The molecule has 0 spiro atoms. The number of carboxylic acids is 1. The molecule has 0 heterocycles. The van der Waals surface area contributed by atoms with E-state index in [1.807, 2.05) is 0 Å². The van der Waals surface area contributed by atoms with Gasteiger partial charge in [-0.3, -0.25) is 0 Å². The van der Waals surface area contributed by atoms with E-state index in [2.05, 4.69) is 27.7 Å². The normalized spacial score (nSPS) is 11.0. The quantitative estimate of drug-likeness (QED) is 0.379. The molecule has 3 nitrogen and oxygen atoms in total. The Labute approximate surface area is 167 Å². The number of hydrogen-bond acceptors (Lipinski definition) is 2. The van der Waals surface area contributed by atoms with Crippen LogP contribution in [-0.2, 0) is 0 Å². The summed E-state index contributed by atoms with van der Waals surface area (Å²) in [5.74, 6) is -1.62. The van der Waals surface area contributed by atoms with Crippen molar-refractivity contribution >= 4 is 13.2 Å². The van der Waals surface area contributed by atoms with Gasteiger partial charge in [-0.25, -0.2) is 4.79 Å². The molecular formula is C23H41O3P. The summed E-state index contributed by atoms with van der Waals surface area (Å²) in [5.41, 5.74) is -0.178. The van der Waals surface area contributed by atoms with Crippen LogP contribution in [0.4, 0.5) is 0 Å². The molecule has 0 atom stereocenters. The first-order chi connectivity index (χ1) is 13.0. The van der Waals surface area contributed by atoms with Crippen LogP contribution in [0.5, 0.6) is 5.75 Å². The minimum absolute atomic E-state index is 0.178. The molecule has 0 aliphatic rings. The second kappa shape index (κ2) is 15.9. The van der Waals surface area contributed by atoms with E-state index in [4.69, 9.17) is 5.11 Å². The highest BCUT2D eigenvalue weighted by Gasteiger charge is 2.34. The molecule has 0 aromatic heterocycles. The van der Waals surface area contributed by atoms with Gasteiger partial charge >= 0.3 is 5.97 Å². The minimum atomic E-state index is -1.18. The van der Waals surface area contributed by atoms with Gasteiger partial charge in [0.1, 0.15) is 0 Å². The van der Waals surface area contributed by atoms with Gasteiger partial charge in [0.15, 0.2) is 0 Å². The maximum absolute atomic E-state index is 10.7. The Morgan fingerprint density at radius 3 is 1.44 bits per heavy atom. The predicted molar refractivity (Wildman–Crippen MR) is 119 cm³/mol. The van der Waals surface area contributed by atoms with Gasteiger partial charge in [0.25, 0.3) is 0 Å². The van der Waals surface area contributed by atoms with E-state index < -0.39 is 19.0 Å². The first-order valence-electron chi connectivity index (χ1n) is 10.8. The van der Waals surface area contributed by atoms with Crippen molar-refractivity contribution in [2.75, 3.05) is 24.6 Å². The monoisotopic (exact) mass is 396 g/mol. The van der Waals surface area contributed by atoms with Crippen LogP contribution >= 0.6 is 7.26 Å². The van der Waals surface area contributed by atoms with Crippen LogP contribution in [0, 0.1) is 0 Å². The highest BCUT2D eigenvalue weighted by Crippen LogP contribution is 2.61. The highest BCUT2D eigenvalue weighted by atomic mass is 31.2. The van der Waals surface area contributed by atoms with Crippen molar-refractivity contribution in [3.63, 3.8) is 0 Å². The molecule has 0 radical (unpaired) electrons. The molecule has 0 amide bonds. The molecule has 156 valence electrons. The van der Waals surface area contributed by atoms with Crippen LogP contribution in [0.15, 0.2) is 24.3 Å². The maximum atomic E-state index is 10.7. The lowest BCUT2D eigenvalue weighted by molar-refractivity contribution is -0.268. The number of aromatic carboxylic acids is 1. The van der Waals surface area contributed by atoms with Crippen molar-refractivity contribution < 1.29 is 15.0 Å². The Hall–Kier alpha value is -1.08. The molecule has 1 aromatic rings. The molecule has 1 N–H and O–H groups in total. The number of benzene rings is 1. The summed E-state index contributed by atoms with van der Waals surface area (Å²) >= 11 is 0. The standard InChI is InChI=1S/C16H36P.C7H6O3/c1-5-9-13-17(14-10-6-2,15-11-7-3)16-12-8-4;8-6-4-2-1-3-5(6)7(9)10/h5-16H2,1-4H3;1-4,8H,(H,9,10)/q+1;/p-1. The second-order valence-electron chi connectivity index (χ2n) is 7.45. The fourth-order valence-electron chi connectivity index (χ4n) is 3.29. The summed E-state index contributed by atoms with van der Waals surface area (Å²) < 4.78 is 0. The molecule has 1 rings (SSSR count). The Kier molecular flexibility index (Phi) is 15.3. The van der Waals surface area contributed by atoms with Crippen molar-refractivity contribution in [1.29, 1.82) is 0 Å². The first-order valence-corrected chi connectivity index (χ1v) is 13.3. The van der Waals surface area contributed by atoms with E-state index in [0.717, 1.165) is 0 Å². The molecule has 1 aromatic carbocycles. The van der Waals surface area contributed by atoms with Crippen LogP contribution in [-0.4, -0.2) is 35.7 Å².